The fraction of sp³-hybridized carbons (Fsp3) is 0.480. The van der Waals surface area contributed by atoms with E-state index in [9.17, 15) is 0 Å². The van der Waals surface area contributed by atoms with Crippen molar-refractivity contribution in [2.24, 2.45) is 9.98 Å². The minimum absolute atomic E-state index is 1.05. The maximum absolute atomic E-state index is 4.72. The molecule has 2 rings (SSSR count). The molecule has 0 amide bonds. The van der Waals surface area contributed by atoms with Gasteiger partial charge in [0, 0.05) is 0 Å². The first kappa shape index (κ1) is 21.1. The van der Waals surface area contributed by atoms with Gasteiger partial charge >= 0.3 is 0 Å². The largest absolute Gasteiger partial charge is 0.187 e. The van der Waals surface area contributed by atoms with E-state index in [2.05, 4.69) is 70.1 Å². The number of benzene rings is 2. The lowest BCUT2D eigenvalue weighted by atomic mass is 10.0. The first-order valence-electron chi connectivity index (χ1n) is 10.6. The Balaban J connectivity index is 2.47. The smallest absolute Gasteiger partial charge is 0.101 e. The summed E-state index contributed by atoms with van der Waals surface area (Å²) in [6, 6.07) is 16.1. The Morgan fingerprint density at radius 2 is 0.852 bits per heavy atom. The number of aliphatic imine (C=N–C) groups is 2. The van der Waals surface area contributed by atoms with E-state index in [0.29, 0.717) is 0 Å². The molecule has 0 aliphatic carbocycles. The van der Waals surface area contributed by atoms with Crippen molar-refractivity contribution in [1.29, 1.82) is 0 Å². The molecular formula is C25H34N2. The number of rotatable bonds is 10. The predicted octanol–water partition coefficient (Wildman–Crippen LogP) is 7.63. The highest BCUT2D eigenvalue weighted by Gasteiger charge is 2.08. The van der Waals surface area contributed by atoms with Crippen LogP contribution in [0.3, 0.4) is 0 Å². The zero-order chi connectivity index (χ0) is 19.5. The molecule has 0 heterocycles. The highest BCUT2D eigenvalue weighted by Crippen LogP contribution is 2.29. The second-order valence-electron chi connectivity index (χ2n) is 7.17. The molecule has 0 fully saturated rings. The van der Waals surface area contributed by atoms with Crippen LogP contribution in [0.5, 0.6) is 0 Å². The van der Waals surface area contributed by atoms with E-state index in [-0.39, 0.29) is 0 Å². The number of para-hydroxylation sites is 2. The van der Waals surface area contributed by atoms with Crippen molar-refractivity contribution in [1.82, 2.24) is 0 Å². The predicted molar refractivity (Wildman–Crippen MR) is 118 cm³/mol. The number of hydrogen-bond donors (Lipinski definition) is 0. The lowest BCUT2D eigenvalue weighted by Crippen LogP contribution is -1.92. The van der Waals surface area contributed by atoms with Crippen molar-refractivity contribution < 1.29 is 0 Å². The highest BCUT2D eigenvalue weighted by atomic mass is 14.8. The molecule has 0 spiro atoms. The molecule has 0 saturated heterocycles. The van der Waals surface area contributed by atoms with E-state index in [1.54, 1.807) is 0 Å². The van der Waals surface area contributed by atoms with Crippen LogP contribution in [0.15, 0.2) is 46.4 Å². The normalized spacial score (nSPS) is 10.5. The minimum Gasteiger partial charge on any atom is -0.187 e. The van der Waals surface area contributed by atoms with Crippen LogP contribution in [0.2, 0.25) is 0 Å². The summed E-state index contributed by atoms with van der Waals surface area (Å²) in [5.41, 5.74) is 7.39. The summed E-state index contributed by atoms with van der Waals surface area (Å²) < 4.78 is 0. The maximum Gasteiger partial charge on any atom is 0.101 e. The fourth-order valence-corrected chi connectivity index (χ4v) is 3.59. The van der Waals surface area contributed by atoms with Gasteiger partial charge in [0.25, 0.3) is 0 Å². The molecular weight excluding hydrogens is 328 g/mol. The SMILES string of the molecule is CCCc1cccc(CCC)c1N=C=Nc1c(CCC)cccc1CCC. The van der Waals surface area contributed by atoms with Crippen molar-refractivity contribution in [3.63, 3.8) is 0 Å². The Kier molecular flexibility index (Phi) is 9.01. The van der Waals surface area contributed by atoms with Gasteiger partial charge in [-0.2, -0.15) is 9.98 Å². The summed E-state index contributed by atoms with van der Waals surface area (Å²) in [5.74, 6) is 0. The molecule has 27 heavy (non-hydrogen) atoms. The van der Waals surface area contributed by atoms with Crippen LogP contribution >= 0.6 is 0 Å². The topological polar surface area (TPSA) is 24.7 Å². The Labute approximate surface area is 165 Å². The van der Waals surface area contributed by atoms with E-state index in [0.717, 1.165) is 62.7 Å². The molecule has 0 atom stereocenters. The monoisotopic (exact) mass is 362 g/mol. The van der Waals surface area contributed by atoms with Gasteiger partial charge in [-0.05, 0) is 47.9 Å². The number of nitrogens with zero attached hydrogens (tertiary/aromatic N) is 2. The van der Waals surface area contributed by atoms with Gasteiger partial charge in [0.2, 0.25) is 0 Å². The average Bonchev–Trinajstić information content (AvgIpc) is 2.66. The summed E-state index contributed by atoms with van der Waals surface area (Å²) >= 11 is 0. The molecule has 0 aliphatic rings. The quantitative estimate of drug-likeness (QED) is 0.388. The number of aryl methyl sites for hydroxylation is 4. The van der Waals surface area contributed by atoms with E-state index >= 15 is 0 Å². The van der Waals surface area contributed by atoms with Crippen LogP contribution in [0, 0.1) is 0 Å². The Morgan fingerprint density at radius 1 is 0.556 bits per heavy atom. The Hall–Kier alpha value is -2.18. The molecule has 0 aromatic heterocycles. The second-order valence-corrected chi connectivity index (χ2v) is 7.17. The van der Waals surface area contributed by atoms with Crippen molar-refractivity contribution in [3.05, 3.63) is 58.7 Å². The van der Waals surface area contributed by atoms with Crippen LogP contribution in [-0.2, 0) is 25.7 Å². The van der Waals surface area contributed by atoms with Crippen molar-refractivity contribution in [2.75, 3.05) is 0 Å². The lowest BCUT2D eigenvalue weighted by molar-refractivity contribution is 0.894. The molecule has 2 aromatic carbocycles. The third kappa shape index (κ3) is 5.91. The van der Waals surface area contributed by atoms with Crippen LogP contribution in [0.25, 0.3) is 0 Å². The molecule has 0 radical (unpaired) electrons. The fourth-order valence-electron chi connectivity index (χ4n) is 3.59. The van der Waals surface area contributed by atoms with Crippen molar-refractivity contribution in [3.8, 4) is 0 Å². The summed E-state index contributed by atoms with van der Waals surface area (Å²) in [4.78, 5) is 9.45. The first-order chi connectivity index (χ1) is 13.2. The van der Waals surface area contributed by atoms with Gasteiger partial charge in [0.15, 0.2) is 0 Å². The van der Waals surface area contributed by atoms with Gasteiger partial charge in [0.05, 0.1) is 11.4 Å². The van der Waals surface area contributed by atoms with Crippen LogP contribution in [0.4, 0.5) is 11.4 Å². The molecule has 0 bridgehead atoms. The van der Waals surface area contributed by atoms with Crippen molar-refractivity contribution >= 4 is 17.4 Å². The average molecular weight is 363 g/mol. The van der Waals surface area contributed by atoms with E-state index < -0.39 is 0 Å². The van der Waals surface area contributed by atoms with Gasteiger partial charge in [-0.1, -0.05) is 89.8 Å². The zero-order valence-electron chi connectivity index (χ0n) is 17.5. The summed E-state index contributed by atoms with van der Waals surface area (Å²) in [7, 11) is 0. The van der Waals surface area contributed by atoms with Gasteiger partial charge in [-0.15, -0.1) is 0 Å². The summed E-state index contributed by atoms with van der Waals surface area (Å²) in [6.45, 7) is 8.86. The standard InChI is InChI=1S/C25H34N2/c1-5-11-20-15-9-16-21(12-6-2)24(20)26-19-27-25-22(13-7-3)17-10-18-23(25)14-8-4/h9-10,15-18H,5-8,11-14H2,1-4H3. The number of hydrogen-bond acceptors (Lipinski definition) is 2. The third-order valence-corrected chi connectivity index (χ3v) is 4.81. The van der Waals surface area contributed by atoms with E-state index in [1.807, 2.05) is 0 Å². The third-order valence-electron chi connectivity index (χ3n) is 4.81. The molecule has 144 valence electrons. The summed E-state index contributed by atoms with van der Waals surface area (Å²) in [6.07, 6.45) is 8.67. The second kappa shape index (κ2) is 11.5. The van der Waals surface area contributed by atoms with Gasteiger partial charge < -0.3 is 0 Å². The summed E-state index contributed by atoms with van der Waals surface area (Å²) in [5, 5.41) is 0. The van der Waals surface area contributed by atoms with Gasteiger partial charge in [-0.25, -0.2) is 0 Å². The molecule has 2 nitrogen and oxygen atoms in total. The van der Waals surface area contributed by atoms with Crippen LogP contribution in [0.1, 0.15) is 75.6 Å². The molecule has 0 N–H and O–H groups in total. The molecule has 0 aliphatic heterocycles. The van der Waals surface area contributed by atoms with Crippen LogP contribution < -0.4 is 0 Å². The first-order valence-corrected chi connectivity index (χ1v) is 10.6. The Morgan fingerprint density at radius 3 is 1.11 bits per heavy atom. The van der Waals surface area contributed by atoms with Gasteiger partial charge in [0.1, 0.15) is 6.01 Å². The molecule has 0 unspecified atom stereocenters. The van der Waals surface area contributed by atoms with Crippen molar-refractivity contribution in [2.45, 2.75) is 79.1 Å². The molecule has 2 aromatic rings. The zero-order valence-corrected chi connectivity index (χ0v) is 17.5. The van der Waals surface area contributed by atoms with E-state index in [1.165, 1.54) is 22.3 Å². The minimum atomic E-state index is 1.05. The van der Waals surface area contributed by atoms with E-state index in [4.69, 9.17) is 9.98 Å². The lowest BCUT2D eigenvalue weighted by Gasteiger charge is -2.10. The molecule has 2 heteroatoms. The highest BCUT2D eigenvalue weighted by molar-refractivity contribution is 5.65. The van der Waals surface area contributed by atoms with Crippen LogP contribution in [-0.4, -0.2) is 6.01 Å². The molecule has 0 saturated carbocycles. The Bertz CT molecular complexity index is 671. The maximum atomic E-state index is 4.72. The van der Waals surface area contributed by atoms with Gasteiger partial charge in [-0.3, -0.25) is 0 Å².